The number of H-pyrrole nitrogens is 1. The van der Waals surface area contributed by atoms with Crippen LogP contribution in [0.15, 0.2) is 65.8 Å². The summed E-state index contributed by atoms with van der Waals surface area (Å²) in [6, 6.07) is 17.1. The minimum atomic E-state index is -0.635. The topological polar surface area (TPSA) is 143 Å². The number of imidazole rings is 1. The number of ether oxygens (including phenoxy) is 1. The number of nitro groups is 1. The van der Waals surface area contributed by atoms with E-state index in [0.29, 0.717) is 17.5 Å². The number of benzene rings is 3. The van der Waals surface area contributed by atoms with Crippen LogP contribution in [0.25, 0.3) is 11.0 Å². The monoisotopic (exact) mass is 445 g/mol. The zero-order valence-electron chi connectivity index (χ0n) is 17.5. The molecule has 0 bridgehead atoms. The number of nitrogens with one attached hydrogen (secondary N) is 2. The van der Waals surface area contributed by atoms with Crippen LogP contribution < -0.4 is 10.2 Å². The van der Waals surface area contributed by atoms with Crippen LogP contribution in [0, 0.1) is 10.1 Å². The summed E-state index contributed by atoms with van der Waals surface area (Å²) >= 11 is 0. The van der Waals surface area contributed by atoms with E-state index in [1.54, 1.807) is 18.2 Å². The van der Waals surface area contributed by atoms with Gasteiger partial charge < -0.3 is 14.8 Å². The zero-order valence-corrected chi connectivity index (χ0v) is 17.5. The number of phenolic OH excluding ortho intramolecular Hbond substituents is 1. The van der Waals surface area contributed by atoms with Crippen molar-refractivity contribution in [3.8, 4) is 11.5 Å². The van der Waals surface area contributed by atoms with Crippen LogP contribution in [0.4, 0.5) is 5.69 Å². The number of nitrogens with zero attached hydrogens (tertiary/aromatic N) is 3. The maximum atomic E-state index is 12.5. The molecular weight excluding hydrogens is 426 g/mol. The van der Waals surface area contributed by atoms with Crippen molar-refractivity contribution < 1.29 is 19.6 Å². The molecule has 4 rings (SSSR count). The van der Waals surface area contributed by atoms with Crippen molar-refractivity contribution in [1.82, 2.24) is 15.4 Å². The van der Waals surface area contributed by atoms with E-state index >= 15 is 0 Å². The fourth-order valence-corrected chi connectivity index (χ4v) is 3.30. The minimum Gasteiger partial charge on any atom is -0.504 e. The van der Waals surface area contributed by atoms with Crippen LogP contribution in [0.3, 0.4) is 0 Å². The highest BCUT2D eigenvalue weighted by Crippen LogP contribution is 2.32. The highest BCUT2D eigenvalue weighted by molar-refractivity contribution is 5.98. The second kappa shape index (κ2) is 9.18. The molecule has 4 aromatic rings. The van der Waals surface area contributed by atoms with Gasteiger partial charge in [-0.05, 0) is 29.8 Å². The van der Waals surface area contributed by atoms with Crippen molar-refractivity contribution in [2.45, 2.75) is 6.42 Å². The van der Waals surface area contributed by atoms with E-state index in [0.717, 1.165) is 35.3 Å². The molecule has 0 spiro atoms. The third-order valence-electron chi connectivity index (χ3n) is 4.90. The van der Waals surface area contributed by atoms with Crippen molar-refractivity contribution in [1.29, 1.82) is 0 Å². The first-order chi connectivity index (χ1) is 15.9. The van der Waals surface area contributed by atoms with E-state index in [2.05, 4.69) is 20.5 Å². The summed E-state index contributed by atoms with van der Waals surface area (Å²) in [5, 5.41) is 24.9. The molecule has 0 saturated carbocycles. The normalized spacial score (nSPS) is 11.1. The Morgan fingerprint density at radius 1 is 1.24 bits per heavy atom. The van der Waals surface area contributed by atoms with Gasteiger partial charge in [0, 0.05) is 12.0 Å². The van der Waals surface area contributed by atoms with Crippen molar-refractivity contribution >= 4 is 28.8 Å². The summed E-state index contributed by atoms with van der Waals surface area (Å²) in [7, 11) is 1.29. The molecule has 10 nitrogen and oxygen atoms in total. The van der Waals surface area contributed by atoms with Gasteiger partial charge in [0.05, 0.1) is 40.9 Å². The average Bonchev–Trinajstić information content (AvgIpc) is 3.21. The van der Waals surface area contributed by atoms with Crippen LogP contribution >= 0.6 is 0 Å². The smallest absolute Gasteiger partial charge is 0.282 e. The Morgan fingerprint density at radius 3 is 2.76 bits per heavy atom. The number of hydrazone groups is 1. The van der Waals surface area contributed by atoms with Gasteiger partial charge in [-0.1, -0.05) is 30.3 Å². The molecule has 1 amide bonds. The van der Waals surface area contributed by atoms with Crippen LogP contribution in [0.2, 0.25) is 0 Å². The molecule has 0 atom stereocenters. The molecule has 0 radical (unpaired) electrons. The number of amides is 1. The van der Waals surface area contributed by atoms with Crippen LogP contribution in [0.1, 0.15) is 27.3 Å². The highest BCUT2D eigenvalue weighted by atomic mass is 16.6. The number of carbonyl (C=O) groups excluding carboxylic acids is 1. The second-order valence-corrected chi connectivity index (χ2v) is 7.12. The first kappa shape index (κ1) is 21.5. The number of phenols is 1. The minimum absolute atomic E-state index is 0.00757. The molecule has 3 aromatic carbocycles. The van der Waals surface area contributed by atoms with Crippen molar-refractivity contribution in [3.05, 3.63) is 93.3 Å². The Labute approximate surface area is 187 Å². The van der Waals surface area contributed by atoms with Gasteiger partial charge in [0.15, 0.2) is 11.5 Å². The largest absolute Gasteiger partial charge is 0.504 e. The second-order valence-electron chi connectivity index (χ2n) is 7.12. The summed E-state index contributed by atoms with van der Waals surface area (Å²) in [6.45, 7) is 0. The maximum Gasteiger partial charge on any atom is 0.282 e. The molecule has 10 heteroatoms. The number of aromatic amines is 1. The maximum absolute atomic E-state index is 12.5. The zero-order chi connectivity index (χ0) is 23.4. The first-order valence-electron chi connectivity index (χ1n) is 9.86. The van der Waals surface area contributed by atoms with E-state index in [9.17, 15) is 20.0 Å². The van der Waals surface area contributed by atoms with Crippen LogP contribution in [-0.4, -0.2) is 39.2 Å². The fourth-order valence-electron chi connectivity index (χ4n) is 3.30. The number of rotatable bonds is 7. The summed E-state index contributed by atoms with van der Waals surface area (Å²) in [4.78, 5) is 30.9. The number of nitro benzene ring substituents is 1. The molecule has 0 saturated heterocycles. The number of carbonyl (C=O) groups is 1. The van der Waals surface area contributed by atoms with Gasteiger partial charge in [0.1, 0.15) is 5.82 Å². The quantitative estimate of drug-likeness (QED) is 0.226. The van der Waals surface area contributed by atoms with E-state index < -0.39 is 10.8 Å². The van der Waals surface area contributed by atoms with E-state index in [1.165, 1.54) is 7.11 Å². The van der Waals surface area contributed by atoms with Gasteiger partial charge in [0.2, 0.25) is 0 Å². The Hall–Kier alpha value is -4.73. The molecule has 0 unspecified atom stereocenters. The lowest BCUT2D eigenvalue weighted by atomic mass is 10.1. The van der Waals surface area contributed by atoms with E-state index in [1.807, 2.05) is 30.3 Å². The number of hydrogen-bond acceptors (Lipinski definition) is 7. The van der Waals surface area contributed by atoms with Gasteiger partial charge in [-0.3, -0.25) is 14.9 Å². The van der Waals surface area contributed by atoms with Crippen molar-refractivity contribution in [2.24, 2.45) is 5.10 Å². The number of fused-ring (bicyclic) bond motifs is 1. The summed E-state index contributed by atoms with van der Waals surface area (Å²) < 4.78 is 4.88. The van der Waals surface area contributed by atoms with Crippen LogP contribution in [0.5, 0.6) is 11.5 Å². The molecule has 1 heterocycles. The number of aromatic hydroxyl groups is 1. The van der Waals surface area contributed by atoms with Gasteiger partial charge >= 0.3 is 0 Å². The van der Waals surface area contributed by atoms with Gasteiger partial charge in [-0.2, -0.15) is 5.10 Å². The van der Waals surface area contributed by atoms with E-state index in [-0.39, 0.29) is 22.7 Å². The average molecular weight is 445 g/mol. The van der Waals surface area contributed by atoms with Crippen molar-refractivity contribution in [3.63, 3.8) is 0 Å². The Kier molecular flexibility index (Phi) is 5.98. The SMILES string of the molecule is COc1cc([N+](=O)[O-])c(/C=N\NC(=O)c2ccc3nc(Cc4ccccc4)[nH]c3c2)cc1O. The first-order valence-corrected chi connectivity index (χ1v) is 9.86. The molecular formula is C23H19N5O5. The van der Waals surface area contributed by atoms with E-state index in [4.69, 9.17) is 4.74 Å². The summed E-state index contributed by atoms with van der Waals surface area (Å²) in [5.41, 5.74) is 4.89. The van der Waals surface area contributed by atoms with Gasteiger partial charge in [0.25, 0.3) is 11.6 Å². The predicted octanol–water partition coefficient (Wildman–Crippen LogP) is 3.54. The molecule has 166 valence electrons. The number of hydrogen-bond donors (Lipinski definition) is 3. The van der Waals surface area contributed by atoms with Gasteiger partial charge in [-0.15, -0.1) is 0 Å². The molecule has 1 aromatic heterocycles. The molecule has 0 fully saturated rings. The number of aromatic nitrogens is 2. The third kappa shape index (κ3) is 4.79. The van der Waals surface area contributed by atoms with Crippen LogP contribution in [-0.2, 0) is 6.42 Å². The predicted molar refractivity (Wildman–Crippen MR) is 122 cm³/mol. The lowest BCUT2D eigenvalue weighted by Crippen LogP contribution is -2.17. The lowest BCUT2D eigenvalue weighted by molar-refractivity contribution is -0.385. The Balaban J connectivity index is 1.49. The molecule has 0 aliphatic carbocycles. The lowest BCUT2D eigenvalue weighted by Gasteiger charge is -2.05. The Bertz CT molecular complexity index is 1360. The Morgan fingerprint density at radius 2 is 2.03 bits per heavy atom. The summed E-state index contributed by atoms with van der Waals surface area (Å²) in [5.74, 6) is -0.0552. The molecule has 33 heavy (non-hydrogen) atoms. The highest BCUT2D eigenvalue weighted by Gasteiger charge is 2.17. The molecule has 3 N–H and O–H groups in total. The van der Waals surface area contributed by atoms with Gasteiger partial charge in [-0.25, -0.2) is 10.4 Å². The third-order valence-corrected chi connectivity index (χ3v) is 4.90. The fraction of sp³-hybridized carbons (Fsp3) is 0.0870. The van der Waals surface area contributed by atoms with Crippen molar-refractivity contribution in [2.75, 3.05) is 7.11 Å². The number of methoxy groups -OCH3 is 1. The molecule has 0 aliphatic heterocycles. The summed E-state index contributed by atoms with van der Waals surface area (Å²) in [6.07, 6.45) is 1.72. The standard InChI is InChI=1S/C23H19N5O5/c1-33-21-12-19(28(31)32)16(11-20(21)29)13-24-27-23(30)15-7-8-17-18(10-15)26-22(25-17)9-14-5-3-2-4-6-14/h2-8,10-13,29H,9H2,1H3,(H,25,26)(H,27,30)/b24-13-. The molecule has 0 aliphatic rings.